The van der Waals surface area contributed by atoms with Crippen LogP contribution < -0.4 is 10.6 Å². The second-order valence-electron chi connectivity index (χ2n) is 5.81. The molecule has 2 fully saturated rings. The molecule has 4 heteroatoms. The Morgan fingerprint density at radius 1 is 1.05 bits per heavy atom. The van der Waals surface area contributed by atoms with Crippen LogP contribution in [-0.2, 0) is 16.1 Å². The van der Waals surface area contributed by atoms with Crippen LogP contribution in [0.1, 0.15) is 37.7 Å². The van der Waals surface area contributed by atoms with Crippen molar-refractivity contribution in [3.63, 3.8) is 0 Å². The Balaban J connectivity index is 1.54. The van der Waals surface area contributed by atoms with Crippen molar-refractivity contribution in [3.8, 4) is 0 Å². The summed E-state index contributed by atoms with van der Waals surface area (Å²) in [5.41, 5.74) is 1.84. The van der Waals surface area contributed by atoms with Crippen LogP contribution in [0.3, 0.4) is 0 Å². The molecule has 1 aromatic carbocycles. The number of hydrogen-bond donors (Lipinski definition) is 2. The number of rotatable bonds is 5. The largest absolute Gasteiger partial charge is 0.352 e. The molecular formula is C16H20N2O2. The molecular weight excluding hydrogens is 252 g/mol. The number of hydrogen-bond acceptors (Lipinski definition) is 2. The van der Waals surface area contributed by atoms with Gasteiger partial charge in [0.1, 0.15) is 0 Å². The van der Waals surface area contributed by atoms with E-state index in [4.69, 9.17) is 0 Å². The number of anilines is 1. The first-order chi connectivity index (χ1) is 9.72. The molecule has 3 rings (SSSR count). The van der Waals surface area contributed by atoms with Crippen LogP contribution in [0.4, 0.5) is 5.69 Å². The van der Waals surface area contributed by atoms with Crippen molar-refractivity contribution in [2.45, 2.75) is 38.6 Å². The molecule has 0 aromatic heterocycles. The lowest BCUT2D eigenvalue weighted by Gasteiger charge is -2.24. The highest BCUT2D eigenvalue weighted by Gasteiger charge is 2.29. The summed E-state index contributed by atoms with van der Waals surface area (Å²) < 4.78 is 0. The standard InChI is InChI=1S/C16H20N2O2/c19-15(13-7-8-13)17-10-11-3-1-6-14(9-11)18-16(20)12-4-2-5-12/h1,3,6,9,12-13H,2,4-5,7-8,10H2,(H,17,19)(H,18,20). The minimum atomic E-state index is 0.121. The lowest BCUT2D eigenvalue weighted by atomic mass is 9.85. The second-order valence-corrected chi connectivity index (χ2v) is 5.81. The third kappa shape index (κ3) is 3.18. The van der Waals surface area contributed by atoms with E-state index in [9.17, 15) is 9.59 Å². The van der Waals surface area contributed by atoms with E-state index in [1.54, 1.807) is 0 Å². The van der Waals surface area contributed by atoms with Crippen LogP contribution in [-0.4, -0.2) is 11.8 Å². The molecule has 2 amide bonds. The molecule has 2 saturated carbocycles. The quantitative estimate of drug-likeness (QED) is 0.865. The first kappa shape index (κ1) is 13.2. The fourth-order valence-electron chi connectivity index (χ4n) is 2.35. The van der Waals surface area contributed by atoms with Crippen molar-refractivity contribution in [2.24, 2.45) is 11.8 Å². The van der Waals surface area contributed by atoms with Gasteiger partial charge in [0.2, 0.25) is 11.8 Å². The number of benzene rings is 1. The molecule has 0 atom stereocenters. The van der Waals surface area contributed by atoms with Gasteiger partial charge in [0.25, 0.3) is 0 Å². The first-order valence-corrected chi connectivity index (χ1v) is 7.40. The van der Waals surface area contributed by atoms with Gasteiger partial charge in [-0.25, -0.2) is 0 Å². The topological polar surface area (TPSA) is 58.2 Å². The summed E-state index contributed by atoms with van der Waals surface area (Å²) >= 11 is 0. The van der Waals surface area contributed by atoms with E-state index in [2.05, 4.69) is 10.6 Å². The molecule has 2 N–H and O–H groups in total. The van der Waals surface area contributed by atoms with Crippen molar-refractivity contribution in [1.82, 2.24) is 5.32 Å². The second kappa shape index (κ2) is 5.65. The smallest absolute Gasteiger partial charge is 0.227 e. The van der Waals surface area contributed by atoms with Crippen LogP contribution in [0.5, 0.6) is 0 Å². The average molecular weight is 272 g/mol. The molecule has 106 valence electrons. The van der Waals surface area contributed by atoms with E-state index in [0.717, 1.165) is 43.4 Å². The number of carbonyl (C=O) groups is 2. The van der Waals surface area contributed by atoms with Crippen LogP contribution in [0.25, 0.3) is 0 Å². The molecule has 0 spiro atoms. The van der Waals surface area contributed by atoms with Gasteiger partial charge in [-0.1, -0.05) is 18.6 Å². The van der Waals surface area contributed by atoms with Gasteiger partial charge in [0.15, 0.2) is 0 Å². The monoisotopic (exact) mass is 272 g/mol. The van der Waals surface area contributed by atoms with Gasteiger partial charge in [0, 0.05) is 24.1 Å². The normalized spacial score (nSPS) is 18.2. The zero-order valence-corrected chi connectivity index (χ0v) is 11.5. The summed E-state index contributed by atoms with van der Waals surface area (Å²) in [6.45, 7) is 0.530. The summed E-state index contributed by atoms with van der Waals surface area (Å²) in [6.07, 6.45) is 5.20. The van der Waals surface area contributed by atoms with Gasteiger partial charge in [0.05, 0.1) is 0 Å². The molecule has 20 heavy (non-hydrogen) atoms. The molecule has 0 bridgehead atoms. The lowest BCUT2D eigenvalue weighted by Crippen LogP contribution is -2.28. The van der Waals surface area contributed by atoms with Gasteiger partial charge in [-0.05, 0) is 43.4 Å². The fourth-order valence-corrected chi connectivity index (χ4v) is 2.35. The summed E-state index contributed by atoms with van der Waals surface area (Å²) in [6, 6.07) is 7.70. The third-order valence-electron chi connectivity index (χ3n) is 4.09. The summed E-state index contributed by atoms with van der Waals surface area (Å²) in [7, 11) is 0. The zero-order chi connectivity index (χ0) is 13.9. The van der Waals surface area contributed by atoms with Crippen LogP contribution >= 0.6 is 0 Å². The Morgan fingerprint density at radius 3 is 2.45 bits per heavy atom. The summed E-state index contributed by atoms with van der Waals surface area (Å²) in [5, 5.41) is 5.89. The van der Waals surface area contributed by atoms with Crippen LogP contribution in [0, 0.1) is 11.8 Å². The molecule has 2 aliphatic rings. The minimum absolute atomic E-state index is 0.121. The lowest BCUT2D eigenvalue weighted by molar-refractivity contribution is -0.123. The highest BCUT2D eigenvalue weighted by molar-refractivity contribution is 5.93. The number of amides is 2. The molecule has 1 aromatic rings. The molecule has 0 radical (unpaired) electrons. The predicted octanol–water partition coefficient (Wildman–Crippen LogP) is 2.45. The Hall–Kier alpha value is -1.84. The Morgan fingerprint density at radius 2 is 1.80 bits per heavy atom. The average Bonchev–Trinajstić information content (AvgIpc) is 3.18. The zero-order valence-electron chi connectivity index (χ0n) is 11.5. The highest BCUT2D eigenvalue weighted by atomic mass is 16.2. The third-order valence-corrected chi connectivity index (χ3v) is 4.09. The van der Waals surface area contributed by atoms with Crippen molar-refractivity contribution in [2.75, 3.05) is 5.32 Å². The highest BCUT2D eigenvalue weighted by Crippen LogP contribution is 2.29. The van der Waals surface area contributed by atoms with E-state index in [1.807, 2.05) is 24.3 Å². The summed E-state index contributed by atoms with van der Waals surface area (Å²) in [4.78, 5) is 23.5. The van der Waals surface area contributed by atoms with Crippen LogP contribution in [0.15, 0.2) is 24.3 Å². The molecule has 4 nitrogen and oxygen atoms in total. The maximum absolute atomic E-state index is 11.9. The molecule has 0 heterocycles. The minimum Gasteiger partial charge on any atom is -0.352 e. The van der Waals surface area contributed by atoms with Crippen molar-refractivity contribution >= 4 is 17.5 Å². The molecule has 2 aliphatic carbocycles. The maximum atomic E-state index is 11.9. The van der Waals surface area contributed by atoms with E-state index < -0.39 is 0 Å². The SMILES string of the molecule is O=C(NCc1cccc(NC(=O)C2CCC2)c1)C1CC1. The van der Waals surface area contributed by atoms with Gasteiger partial charge >= 0.3 is 0 Å². The number of nitrogens with one attached hydrogen (secondary N) is 2. The van der Waals surface area contributed by atoms with E-state index >= 15 is 0 Å². The fraction of sp³-hybridized carbons (Fsp3) is 0.500. The van der Waals surface area contributed by atoms with Crippen molar-refractivity contribution < 1.29 is 9.59 Å². The molecule has 0 unspecified atom stereocenters. The maximum Gasteiger partial charge on any atom is 0.227 e. The van der Waals surface area contributed by atoms with Crippen LogP contribution in [0.2, 0.25) is 0 Å². The van der Waals surface area contributed by atoms with Gasteiger partial charge in [-0.3, -0.25) is 9.59 Å². The summed E-state index contributed by atoms with van der Waals surface area (Å²) in [5.74, 6) is 0.689. The van der Waals surface area contributed by atoms with Gasteiger partial charge in [-0.2, -0.15) is 0 Å². The van der Waals surface area contributed by atoms with Crippen molar-refractivity contribution in [3.05, 3.63) is 29.8 Å². The molecule has 0 aliphatic heterocycles. The van der Waals surface area contributed by atoms with Crippen molar-refractivity contribution in [1.29, 1.82) is 0 Å². The Labute approximate surface area is 118 Å². The first-order valence-electron chi connectivity index (χ1n) is 7.40. The van der Waals surface area contributed by atoms with E-state index in [-0.39, 0.29) is 23.7 Å². The Bertz CT molecular complexity index is 519. The predicted molar refractivity (Wildman–Crippen MR) is 77.0 cm³/mol. The van der Waals surface area contributed by atoms with Gasteiger partial charge in [-0.15, -0.1) is 0 Å². The van der Waals surface area contributed by atoms with Gasteiger partial charge < -0.3 is 10.6 Å². The number of carbonyl (C=O) groups excluding carboxylic acids is 2. The van der Waals surface area contributed by atoms with E-state index in [1.165, 1.54) is 0 Å². The molecule has 0 saturated heterocycles. The Kier molecular flexibility index (Phi) is 3.72. The van der Waals surface area contributed by atoms with E-state index in [0.29, 0.717) is 6.54 Å².